The second-order valence-corrected chi connectivity index (χ2v) is 10.6. The number of hydrogen-bond acceptors (Lipinski definition) is 6. The van der Waals surface area contributed by atoms with Gasteiger partial charge >= 0.3 is 0 Å². The van der Waals surface area contributed by atoms with Gasteiger partial charge in [0.1, 0.15) is 0 Å². The average molecular weight is 514 g/mol. The number of fused-ring (bicyclic) bond motifs is 1. The monoisotopic (exact) mass is 513 g/mol. The highest BCUT2D eigenvalue weighted by molar-refractivity contribution is 7.92. The van der Waals surface area contributed by atoms with E-state index in [1.54, 1.807) is 18.3 Å². The van der Waals surface area contributed by atoms with Crippen LogP contribution in [0.4, 0.5) is 11.4 Å². The Hall–Kier alpha value is -4.21. The molecule has 8 nitrogen and oxygen atoms in total. The summed E-state index contributed by atoms with van der Waals surface area (Å²) in [5, 5.41) is 21.8. The number of nitrogens with one attached hydrogen (secondary N) is 3. The smallest absolute Gasteiger partial charge is 0.229 e. The molecule has 5 rings (SSSR count). The van der Waals surface area contributed by atoms with Gasteiger partial charge in [0.2, 0.25) is 10.0 Å². The molecule has 0 aliphatic rings. The molecule has 2 aromatic heterocycles. The summed E-state index contributed by atoms with van der Waals surface area (Å²) in [6.07, 6.45) is 2.82. The zero-order chi connectivity index (χ0) is 26.0. The van der Waals surface area contributed by atoms with Crippen LogP contribution in [0.3, 0.4) is 0 Å². The van der Waals surface area contributed by atoms with E-state index in [0.29, 0.717) is 16.9 Å². The lowest BCUT2D eigenvalue weighted by Crippen LogP contribution is -2.15. The summed E-state index contributed by atoms with van der Waals surface area (Å²) in [7, 11) is -3.50. The molecule has 2 heterocycles. The molecule has 0 aliphatic carbocycles. The maximum absolute atomic E-state index is 12.1. The molecule has 1 unspecified atom stereocenters. The molecular formula is C28H27N5O3S. The summed E-state index contributed by atoms with van der Waals surface area (Å²) in [4.78, 5) is 4.78. The first kappa shape index (κ1) is 24.5. The maximum atomic E-state index is 12.1. The van der Waals surface area contributed by atoms with Gasteiger partial charge in [-0.1, -0.05) is 54.6 Å². The fourth-order valence-electron chi connectivity index (χ4n) is 4.39. The van der Waals surface area contributed by atoms with Crippen molar-refractivity contribution in [2.24, 2.45) is 0 Å². The average Bonchev–Trinajstić information content (AvgIpc) is 3.27. The van der Waals surface area contributed by atoms with E-state index in [1.807, 2.05) is 73.7 Å². The highest BCUT2D eigenvalue weighted by atomic mass is 32.2. The number of para-hydroxylation sites is 1. The molecule has 4 N–H and O–H groups in total. The van der Waals surface area contributed by atoms with Crippen molar-refractivity contribution in [2.75, 3.05) is 22.9 Å². The van der Waals surface area contributed by atoms with Gasteiger partial charge in [-0.25, -0.2) is 8.42 Å². The van der Waals surface area contributed by atoms with E-state index >= 15 is 0 Å². The zero-order valence-corrected chi connectivity index (χ0v) is 21.3. The molecule has 37 heavy (non-hydrogen) atoms. The number of pyridine rings is 1. The van der Waals surface area contributed by atoms with Crippen LogP contribution in [0.15, 0.2) is 85.1 Å². The van der Waals surface area contributed by atoms with E-state index in [0.717, 1.165) is 45.2 Å². The molecule has 0 saturated heterocycles. The quantitative estimate of drug-likeness (QED) is 0.229. The second kappa shape index (κ2) is 10.0. The van der Waals surface area contributed by atoms with Crippen LogP contribution in [0.25, 0.3) is 33.3 Å². The minimum absolute atomic E-state index is 0.0949. The number of aliphatic hydroxyl groups is 1. The Morgan fingerprint density at radius 2 is 1.73 bits per heavy atom. The van der Waals surface area contributed by atoms with Crippen molar-refractivity contribution in [3.63, 3.8) is 0 Å². The second-order valence-electron chi connectivity index (χ2n) is 8.90. The van der Waals surface area contributed by atoms with Crippen LogP contribution < -0.4 is 10.0 Å². The Morgan fingerprint density at radius 1 is 0.973 bits per heavy atom. The van der Waals surface area contributed by atoms with Crippen LogP contribution in [-0.2, 0) is 10.0 Å². The number of benzene rings is 3. The third kappa shape index (κ3) is 5.32. The van der Waals surface area contributed by atoms with Gasteiger partial charge in [-0.2, -0.15) is 5.10 Å². The predicted molar refractivity (Wildman–Crippen MR) is 148 cm³/mol. The molecule has 0 fully saturated rings. The molecule has 0 bridgehead atoms. The minimum atomic E-state index is -3.50. The lowest BCUT2D eigenvalue weighted by atomic mass is 9.96. The predicted octanol–water partition coefficient (Wildman–Crippen LogP) is 5.12. The van der Waals surface area contributed by atoms with E-state index < -0.39 is 10.0 Å². The fourth-order valence-corrected chi connectivity index (χ4v) is 4.97. The molecule has 9 heteroatoms. The lowest BCUT2D eigenvalue weighted by molar-refractivity contribution is 0.276. The number of hydrogen-bond donors (Lipinski definition) is 4. The molecule has 0 saturated carbocycles. The first-order chi connectivity index (χ1) is 17.8. The Labute approximate surface area is 215 Å². The number of sulfonamides is 1. The third-order valence-electron chi connectivity index (χ3n) is 6.16. The molecule has 1 atom stereocenters. The van der Waals surface area contributed by atoms with Gasteiger partial charge in [-0.05, 0) is 42.3 Å². The van der Waals surface area contributed by atoms with E-state index in [9.17, 15) is 13.5 Å². The Balaban J connectivity index is 1.66. The number of anilines is 2. The van der Waals surface area contributed by atoms with Gasteiger partial charge in [-0.3, -0.25) is 14.8 Å². The number of aryl methyl sites for hydroxylation is 1. The van der Waals surface area contributed by atoms with Gasteiger partial charge in [0.15, 0.2) is 0 Å². The molecule has 188 valence electrons. The summed E-state index contributed by atoms with van der Waals surface area (Å²) in [5.74, 6) is 0. The van der Waals surface area contributed by atoms with Crippen LogP contribution in [0.2, 0.25) is 0 Å². The van der Waals surface area contributed by atoms with E-state index in [-0.39, 0.29) is 12.6 Å². The van der Waals surface area contributed by atoms with E-state index in [1.165, 1.54) is 0 Å². The minimum Gasteiger partial charge on any atom is -0.394 e. The van der Waals surface area contributed by atoms with Crippen molar-refractivity contribution < 1.29 is 13.5 Å². The molecule has 0 aliphatic heterocycles. The van der Waals surface area contributed by atoms with Crippen molar-refractivity contribution >= 4 is 32.3 Å². The lowest BCUT2D eigenvalue weighted by Gasteiger charge is -2.20. The molecular weight excluding hydrogens is 486 g/mol. The van der Waals surface area contributed by atoms with Crippen LogP contribution >= 0.6 is 0 Å². The number of H-pyrrole nitrogens is 1. The van der Waals surface area contributed by atoms with Crippen molar-refractivity contribution in [2.45, 2.75) is 13.0 Å². The standard InChI is InChI=1S/C28H27N5O3S/c1-18-23-14-20(12-13-25(23)32-31-18)24-15-21(30-27(17-34)19-8-4-3-5-9-19)16-29-28(24)22-10-6-7-11-26(22)33-37(2,35)36/h3-16,27,30,33-34H,17H2,1-2H3,(H,31,32). The number of aromatic amines is 1. The summed E-state index contributed by atoms with van der Waals surface area (Å²) in [6, 6.07) is 24.5. The van der Waals surface area contributed by atoms with E-state index in [2.05, 4.69) is 20.2 Å². The topological polar surface area (TPSA) is 120 Å². The highest BCUT2D eigenvalue weighted by Gasteiger charge is 2.18. The van der Waals surface area contributed by atoms with Crippen molar-refractivity contribution in [3.05, 3.63) is 96.3 Å². The summed E-state index contributed by atoms with van der Waals surface area (Å²) < 4.78 is 26.7. The first-order valence-corrected chi connectivity index (χ1v) is 13.7. The summed E-state index contributed by atoms with van der Waals surface area (Å²) >= 11 is 0. The van der Waals surface area contributed by atoms with Gasteiger partial charge in [-0.15, -0.1) is 0 Å². The van der Waals surface area contributed by atoms with Crippen molar-refractivity contribution in [1.82, 2.24) is 15.2 Å². The molecule has 5 aromatic rings. The van der Waals surface area contributed by atoms with Crippen molar-refractivity contribution in [1.29, 1.82) is 0 Å². The zero-order valence-electron chi connectivity index (χ0n) is 20.4. The normalized spacial score (nSPS) is 12.4. The van der Waals surface area contributed by atoms with Gasteiger partial charge < -0.3 is 10.4 Å². The Morgan fingerprint density at radius 3 is 2.49 bits per heavy atom. The molecule has 0 radical (unpaired) electrons. The van der Waals surface area contributed by atoms with Crippen LogP contribution in [0.5, 0.6) is 0 Å². The maximum Gasteiger partial charge on any atom is 0.229 e. The van der Waals surface area contributed by atoms with Gasteiger partial charge in [0.05, 0.1) is 53.4 Å². The Bertz CT molecular complexity index is 1670. The summed E-state index contributed by atoms with van der Waals surface area (Å²) in [6.45, 7) is 1.85. The van der Waals surface area contributed by atoms with Crippen molar-refractivity contribution in [3.8, 4) is 22.4 Å². The molecule has 0 spiro atoms. The summed E-state index contributed by atoms with van der Waals surface area (Å²) in [5.41, 5.74) is 6.90. The number of aromatic nitrogens is 3. The van der Waals surface area contributed by atoms with Crippen LogP contribution in [-0.4, -0.2) is 41.6 Å². The number of aliphatic hydroxyl groups excluding tert-OH is 1. The largest absolute Gasteiger partial charge is 0.394 e. The number of rotatable bonds is 8. The first-order valence-electron chi connectivity index (χ1n) is 11.8. The van der Waals surface area contributed by atoms with Gasteiger partial charge in [0, 0.05) is 16.5 Å². The SMILES string of the molecule is Cc1n[nH]c2ccc(-c3cc(NC(CO)c4ccccc4)cnc3-c3ccccc3NS(C)(=O)=O)cc12. The fraction of sp³-hybridized carbons (Fsp3) is 0.143. The Kier molecular flexibility index (Phi) is 6.64. The molecule has 0 amide bonds. The van der Waals surface area contributed by atoms with Crippen LogP contribution in [0, 0.1) is 6.92 Å². The molecule has 3 aromatic carbocycles. The third-order valence-corrected chi connectivity index (χ3v) is 6.75. The van der Waals surface area contributed by atoms with Gasteiger partial charge in [0.25, 0.3) is 0 Å². The highest BCUT2D eigenvalue weighted by Crippen LogP contribution is 2.38. The number of nitrogens with zero attached hydrogens (tertiary/aromatic N) is 2. The van der Waals surface area contributed by atoms with E-state index in [4.69, 9.17) is 4.98 Å². The van der Waals surface area contributed by atoms with Crippen LogP contribution in [0.1, 0.15) is 17.3 Å².